The predicted molar refractivity (Wildman–Crippen MR) is 47.0 cm³/mol. The Hall–Kier alpha value is -1.56. The van der Waals surface area contributed by atoms with E-state index >= 15 is 0 Å². The fourth-order valence-corrected chi connectivity index (χ4v) is 1.60. The minimum atomic E-state index is -1.14. The summed E-state index contributed by atoms with van der Waals surface area (Å²) in [4.78, 5) is 21.5. The molecule has 1 rings (SSSR count). The van der Waals surface area contributed by atoms with E-state index in [1.54, 1.807) is 0 Å². The Bertz CT molecular complexity index is 357. The van der Waals surface area contributed by atoms with Gasteiger partial charge in [-0.25, -0.2) is 9.59 Å². The van der Waals surface area contributed by atoms with E-state index in [2.05, 4.69) is 4.74 Å². The molecule has 70 valence electrons. The molecule has 1 aromatic heterocycles. The maximum Gasteiger partial charge on any atom is 0.348 e. The van der Waals surface area contributed by atoms with E-state index in [1.807, 2.05) is 0 Å². The van der Waals surface area contributed by atoms with Crippen molar-refractivity contribution >= 4 is 29.0 Å². The fraction of sp³-hybridized carbons (Fsp3) is 0.143. The Labute approximate surface area is 77.7 Å². The minimum absolute atomic E-state index is 0.0376. The van der Waals surface area contributed by atoms with Crippen LogP contribution in [0.3, 0.4) is 0 Å². The number of anilines is 1. The quantitative estimate of drug-likeness (QED) is 0.691. The highest BCUT2D eigenvalue weighted by Gasteiger charge is 2.19. The number of carbonyl (C=O) groups excluding carboxylic acids is 1. The summed E-state index contributed by atoms with van der Waals surface area (Å²) in [5.74, 6) is -1.76. The molecule has 0 bridgehead atoms. The number of rotatable bonds is 2. The van der Waals surface area contributed by atoms with Crippen LogP contribution in [0.1, 0.15) is 20.0 Å². The normalized spacial score (nSPS) is 9.62. The van der Waals surface area contributed by atoms with Gasteiger partial charge < -0.3 is 15.6 Å². The predicted octanol–water partition coefficient (Wildman–Crippen LogP) is 0.815. The number of nitrogens with two attached hydrogens (primary N) is 1. The Morgan fingerprint density at radius 1 is 1.62 bits per heavy atom. The van der Waals surface area contributed by atoms with Crippen molar-refractivity contribution in [3.05, 3.63) is 15.8 Å². The number of ether oxygens (including phenoxy) is 1. The van der Waals surface area contributed by atoms with Gasteiger partial charge in [0.1, 0.15) is 4.88 Å². The lowest BCUT2D eigenvalue weighted by Gasteiger charge is -1.96. The van der Waals surface area contributed by atoms with Gasteiger partial charge in [0.25, 0.3) is 0 Å². The molecule has 0 atom stereocenters. The Morgan fingerprint density at radius 3 is 2.62 bits per heavy atom. The molecule has 0 aliphatic rings. The molecule has 0 saturated heterocycles. The summed E-state index contributed by atoms with van der Waals surface area (Å²) in [6.07, 6.45) is 0. The summed E-state index contributed by atoms with van der Waals surface area (Å²) in [6, 6.07) is 0. The van der Waals surface area contributed by atoms with Crippen molar-refractivity contribution in [3.8, 4) is 0 Å². The first-order valence-electron chi connectivity index (χ1n) is 3.26. The van der Waals surface area contributed by atoms with Crippen LogP contribution in [0, 0.1) is 0 Å². The van der Waals surface area contributed by atoms with Crippen LogP contribution >= 0.6 is 11.3 Å². The van der Waals surface area contributed by atoms with Gasteiger partial charge in [-0.1, -0.05) is 0 Å². The van der Waals surface area contributed by atoms with Gasteiger partial charge in [-0.3, -0.25) is 0 Å². The number of esters is 1. The average Bonchev–Trinajstić information content (AvgIpc) is 2.46. The van der Waals surface area contributed by atoms with Crippen LogP contribution in [-0.2, 0) is 4.74 Å². The number of aromatic carboxylic acids is 1. The van der Waals surface area contributed by atoms with Crippen LogP contribution in [-0.4, -0.2) is 24.2 Å². The summed E-state index contributed by atoms with van der Waals surface area (Å²) in [6.45, 7) is 0. The highest BCUT2D eigenvalue weighted by atomic mass is 32.1. The van der Waals surface area contributed by atoms with Crippen molar-refractivity contribution in [2.75, 3.05) is 12.8 Å². The molecule has 0 spiro atoms. The number of hydrogen-bond donors (Lipinski definition) is 2. The van der Waals surface area contributed by atoms with Crippen molar-refractivity contribution in [1.29, 1.82) is 0 Å². The molecule has 0 aliphatic carbocycles. The van der Waals surface area contributed by atoms with Gasteiger partial charge in [0, 0.05) is 5.38 Å². The molecular formula is C7H7NO4S. The van der Waals surface area contributed by atoms with Gasteiger partial charge in [0.15, 0.2) is 0 Å². The first-order chi connectivity index (χ1) is 6.07. The third kappa shape index (κ3) is 1.62. The van der Waals surface area contributed by atoms with E-state index in [-0.39, 0.29) is 16.1 Å². The minimum Gasteiger partial charge on any atom is -0.477 e. The van der Waals surface area contributed by atoms with E-state index in [9.17, 15) is 9.59 Å². The van der Waals surface area contributed by atoms with Crippen LogP contribution in [0.15, 0.2) is 5.38 Å². The van der Waals surface area contributed by atoms with Crippen LogP contribution < -0.4 is 5.73 Å². The van der Waals surface area contributed by atoms with Crippen molar-refractivity contribution < 1.29 is 19.4 Å². The molecule has 0 unspecified atom stereocenters. The SMILES string of the molecule is COC(=O)c1csc(C(=O)O)c1N. The molecule has 0 aromatic carbocycles. The van der Waals surface area contributed by atoms with E-state index in [1.165, 1.54) is 12.5 Å². The zero-order valence-electron chi connectivity index (χ0n) is 6.73. The van der Waals surface area contributed by atoms with Gasteiger partial charge in [0.2, 0.25) is 0 Å². The number of methoxy groups -OCH3 is 1. The fourth-order valence-electron chi connectivity index (χ4n) is 0.801. The van der Waals surface area contributed by atoms with Gasteiger partial charge >= 0.3 is 11.9 Å². The Morgan fingerprint density at radius 2 is 2.23 bits per heavy atom. The van der Waals surface area contributed by atoms with Gasteiger partial charge in [-0.15, -0.1) is 11.3 Å². The molecule has 3 N–H and O–H groups in total. The molecule has 1 aromatic rings. The van der Waals surface area contributed by atoms with Gasteiger partial charge in [-0.2, -0.15) is 0 Å². The summed E-state index contributed by atoms with van der Waals surface area (Å²) in [7, 11) is 1.21. The van der Waals surface area contributed by atoms with E-state index < -0.39 is 11.9 Å². The van der Waals surface area contributed by atoms with Crippen molar-refractivity contribution in [2.45, 2.75) is 0 Å². The lowest BCUT2D eigenvalue weighted by molar-refractivity contribution is 0.0602. The average molecular weight is 201 g/mol. The Balaban J connectivity index is 3.13. The number of carboxylic acid groups (broad SMARTS) is 1. The zero-order valence-corrected chi connectivity index (χ0v) is 7.55. The molecular weight excluding hydrogens is 194 g/mol. The molecule has 5 nitrogen and oxygen atoms in total. The number of nitrogen functional groups attached to an aromatic ring is 1. The number of carboxylic acids is 1. The molecule has 0 aliphatic heterocycles. The van der Waals surface area contributed by atoms with E-state index in [0.29, 0.717) is 0 Å². The molecule has 1 heterocycles. The second-order valence-corrected chi connectivity index (χ2v) is 3.07. The van der Waals surface area contributed by atoms with E-state index in [4.69, 9.17) is 10.8 Å². The Kier molecular flexibility index (Phi) is 2.52. The van der Waals surface area contributed by atoms with E-state index in [0.717, 1.165) is 11.3 Å². The van der Waals surface area contributed by atoms with Crippen LogP contribution in [0.5, 0.6) is 0 Å². The van der Waals surface area contributed by atoms with Crippen LogP contribution in [0.25, 0.3) is 0 Å². The van der Waals surface area contributed by atoms with Crippen LogP contribution in [0.2, 0.25) is 0 Å². The third-order valence-corrected chi connectivity index (χ3v) is 2.41. The molecule has 0 saturated carbocycles. The van der Waals surface area contributed by atoms with Gasteiger partial charge in [-0.05, 0) is 0 Å². The maximum atomic E-state index is 11.0. The second-order valence-electron chi connectivity index (χ2n) is 2.19. The zero-order chi connectivity index (χ0) is 10.0. The second kappa shape index (κ2) is 3.44. The maximum absolute atomic E-state index is 11.0. The van der Waals surface area contributed by atoms with Crippen molar-refractivity contribution in [1.82, 2.24) is 0 Å². The van der Waals surface area contributed by atoms with Crippen molar-refractivity contribution in [2.24, 2.45) is 0 Å². The number of hydrogen-bond acceptors (Lipinski definition) is 5. The molecule has 0 radical (unpaired) electrons. The standard InChI is InChI=1S/C7H7NO4S/c1-12-7(11)3-2-13-5(4(3)8)6(9)10/h2H,8H2,1H3,(H,9,10). The number of thiophene rings is 1. The van der Waals surface area contributed by atoms with Gasteiger partial charge in [0.05, 0.1) is 18.4 Å². The smallest absolute Gasteiger partial charge is 0.348 e. The monoisotopic (exact) mass is 201 g/mol. The number of carbonyl (C=O) groups is 2. The summed E-state index contributed by atoms with van der Waals surface area (Å²) >= 11 is 0.903. The topological polar surface area (TPSA) is 89.6 Å². The first kappa shape index (κ1) is 9.53. The summed E-state index contributed by atoms with van der Waals surface area (Å²) in [5, 5.41) is 9.98. The first-order valence-corrected chi connectivity index (χ1v) is 4.14. The van der Waals surface area contributed by atoms with Crippen molar-refractivity contribution in [3.63, 3.8) is 0 Å². The third-order valence-electron chi connectivity index (χ3n) is 1.43. The lowest BCUT2D eigenvalue weighted by Crippen LogP contribution is -2.05. The molecule has 0 amide bonds. The molecule has 6 heteroatoms. The lowest BCUT2D eigenvalue weighted by atomic mass is 10.2. The largest absolute Gasteiger partial charge is 0.477 e. The van der Waals surface area contributed by atoms with Crippen LogP contribution in [0.4, 0.5) is 5.69 Å². The molecule has 0 fully saturated rings. The molecule has 13 heavy (non-hydrogen) atoms. The highest BCUT2D eigenvalue weighted by Crippen LogP contribution is 2.25. The summed E-state index contributed by atoms with van der Waals surface area (Å²) in [5.41, 5.74) is 5.47. The summed E-state index contributed by atoms with van der Waals surface area (Å²) < 4.78 is 4.40. The highest BCUT2D eigenvalue weighted by molar-refractivity contribution is 7.13.